The Balaban J connectivity index is 3.28. The van der Waals surface area contributed by atoms with Crippen molar-refractivity contribution in [1.82, 2.24) is 0 Å². The van der Waals surface area contributed by atoms with Gasteiger partial charge in [0, 0.05) is 0 Å². The Kier molecular flexibility index (Phi) is 4.71. The highest BCUT2D eigenvalue weighted by Gasteiger charge is 2.15. The summed E-state index contributed by atoms with van der Waals surface area (Å²) in [7, 11) is 0. The fourth-order valence-corrected chi connectivity index (χ4v) is 0.881. The summed E-state index contributed by atoms with van der Waals surface area (Å²) in [6.07, 6.45) is 5.07. The molecular weight excluding hydrogens is 124 g/mol. The average molecular weight is 143 g/mol. The van der Waals surface area contributed by atoms with E-state index in [4.69, 9.17) is 0 Å². The quantitative estimate of drug-likeness (QED) is 0.586. The molecule has 0 amide bonds. The number of rotatable bonds is 5. The third-order valence-electron chi connectivity index (χ3n) is 1.86. The molecule has 0 saturated carbocycles. The van der Waals surface area contributed by atoms with E-state index in [-0.39, 0.29) is 0 Å². The fraction of sp³-hybridized carbons (Fsp3) is 0.889. The topological polar surface area (TPSA) is 20.2 Å². The normalized spacial score (nSPS) is 16.8. The molecule has 1 atom stereocenters. The van der Waals surface area contributed by atoms with Gasteiger partial charge in [-0.25, -0.2) is 0 Å². The molecule has 1 N–H and O–H groups in total. The van der Waals surface area contributed by atoms with Gasteiger partial charge in [0.15, 0.2) is 0 Å². The molecule has 0 heterocycles. The molecule has 0 saturated heterocycles. The molecule has 10 heavy (non-hydrogen) atoms. The van der Waals surface area contributed by atoms with Crippen LogP contribution in [0.3, 0.4) is 0 Å². The molecule has 1 heteroatoms. The molecule has 0 aliphatic heterocycles. The van der Waals surface area contributed by atoms with Crippen molar-refractivity contribution in [3.8, 4) is 0 Å². The van der Waals surface area contributed by atoms with E-state index in [0.29, 0.717) is 6.42 Å². The molecule has 0 aliphatic rings. The van der Waals surface area contributed by atoms with Crippen LogP contribution in [0.2, 0.25) is 0 Å². The van der Waals surface area contributed by atoms with Crippen molar-refractivity contribution in [2.24, 2.45) is 0 Å². The lowest BCUT2D eigenvalue weighted by molar-refractivity contribution is 0.0506. The molecule has 0 spiro atoms. The first-order valence-electron chi connectivity index (χ1n) is 4.14. The molecule has 0 bridgehead atoms. The largest absolute Gasteiger partial charge is 0.390 e. The number of aliphatic hydroxyl groups is 1. The van der Waals surface area contributed by atoms with Crippen molar-refractivity contribution in [1.29, 1.82) is 0 Å². The monoisotopic (exact) mass is 143 g/mol. The van der Waals surface area contributed by atoms with Crippen LogP contribution in [0.25, 0.3) is 0 Å². The molecule has 1 nitrogen and oxygen atoms in total. The van der Waals surface area contributed by atoms with Gasteiger partial charge >= 0.3 is 0 Å². The minimum absolute atomic E-state index is 0.519. The Labute approximate surface area is 64.5 Å². The lowest BCUT2D eigenvalue weighted by Gasteiger charge is -2.20. The minimum Gasteiger partial charge on any atom is -0.390 e. The van der Waals surface area contributed by atoms with E-state index in [2.05, 4.69) is 13.8 Å². The SMILES string of the molecule is [CH2]CC(C)(O)CCCCC. The molecule has 61 valence electrons. The van der Waals surface area contributed by atoms with E-state index in [9.17, 15) is 5.11 Å². The van der Waals surface area contributed by atoms with Crippen LogP contribution in [0.1, 0.15) is 46.0 Å². The molecule has 0 aliphatic carbocycles. The van der Waals surface area contributed by atoms with Gasteiger partial charge in [-0.1, -0.05) is 33.1 Å². The van der Waals surface area contributed by atoms with Gasteiger partial charge in [-0.2, -0.15) is 0 Å². The summed E-state index contributed by atoms with van der Waals surface area (Å²) in [6, 6.07) is 0. The Morgan fingerprint density at radius 1 is 1.40 bits per heavy atom. The second-order valence-corrected chi connectivity index (χ2v) is 3.20. The third kappa shape index (κ3) is 4.80. The molecule has 1 radical (unpaired) electrons. The lowest BCUT2D eigenvalue weighted by Crippen LogP contribution is -2.22. The van der Waals surface area contributed by atoms with Crippen LogP contribution < -0.4 is 0 Å². The van der Waals surface area contributed by atoms with Crippen LogP contribution in [0.4, 0.5) is 0 Å². The van der Waals surface area contributed by atoms with Gasteiger partial charge < -0.3 is 5.11 Å². The highest BCUT2D eigenvalue weighted by molar-refractivity contribution is 4.72. The summed E-state index contributed by atoms with van der Waals surface area (Å²) >= 11 is 0. The molecule has 0 aromatic rings. The Bertz CT molecular complexity index is 76.8. The summed E-state index contributed by atoms with van der Waals surface area (Å²) < 4.78 is 0. The van der Waals surface area contributed by atoms with Gasteiger partial charge in [0.1, 0.15) is 0 Å². The molecule has 0 fully saturated rings. The summed E-state index contributed by atoms with van der Waals surface area (Å²) in [4.78, 5) is 0. The maximum Gasteiger partial charge on any atom is 0.0619 e. The van der Waals surface area contributed by atoms with Crippen LogP contribution in [-0.4, -0.2) is 10.7 Å². The van der Waals surface area contributed by atoms with Crippen LogP contribution in [0, 0.1) is 6.92 Å². The van der Waals surface area contributed by atoms with E-state index in [1.807, 2.05) is 6.92 Å². The van der Waals surface area contributed by atoms with E-state index < -0.39 is 5.60 Å². The average Bonchev–Trinajstić information content (AvgIpc) is 1.89. The molecule has 0 aromatic carbocycles. The van der Waals surface area contributed by atoms with Gasteiger partial charge in [0.25, 0.3) is 0 Å². The second kappa shape index (κ2) is 4.73. The van der Waals surface area contributed by atoms with Crippen molar-refractivity contribution >= 4 is 0 Å². The van der Waals surface area contributed by atoms with Gasteiger partial charge in [-0.15, -0.1) is 0 Å². The zero-order valence-corrected chi connectivity index (χ0v) is 7.19. The zero-order chi connectivity index (χ0) is 8.04. The summed E-state index contributed by atoms with van der Waals surface area (Å²) in [6.45, 7) is 7.71. The van der Waals surface area contributed by atoms with Gasteiger partial charge in [0.05, 0.1) is 5.60 Å². The Hall–Kier alpha value is -0.0400. The molecule has 1 unspecified atom stereocenters. The first kappa shape index (κ1) is 9.96. The fourth-order valence-electron chi connectivity index (χ4n) is 0.881. The highest BCUT2D eigenvalue weighted by atomic mass is 16.3. The van der Waals surface area contributed by atoms with Crippen molar-refractivity contribution < 1.29 is 5.11 Å². The predicted octanol–water partition coefficient (Wildman–Crippen LogP) is 2.54. The van der Waals surface area contributed by atoms with Gasteiger partial charge in [-0.3, -0.25) is 0 Å². The predicted molar refractivity (Wildman–Crippen MR) is 44.7 cm³/mol. The minimum atomic E-state index is -0.519. The third-order valence-corrected chi connectivity index (χ3v) is 1.86. The summed E-state index contributed by atoms with van der Waals surface area (Å²) in [5.41, 5.74) is -0.519. The smallest absolute Gasteiger partial charge is 0.0619 e. The Morgan fingerprint density at radius 3 is 2.40 bits per heavy atom. The van der Waals surface area contributed by atoms with Gasteiger partial charge in [-0.05, 0) is 19.8 Å². The maximum absolute atomic E-state index is 9.49. The van der Waals surface area contributed by atoms with Crippen molar-refractivity contribution in [2.75, 3.05) is 0 Å². The summed E-state index contributed by atoms with van der Waals surface area (Å²) in [5.74, 6) is 0. The van der Waals surface area contributed by atoms with E-state index >= 15 is 0 Å². The summed E-state index contributed by atoms with van der Waals surface area (Å²) in [5, 5.41) is 9.49. The standard InChI is InChI=1S/C9H19O/c1-4-6-7-8-9(3,10)5-2/h10H,2,4-8H2,1,3H3. The molecule has 0 aromatic heterocycles. The van der Waals surface area contributed by atoms with Crippen molar-refractivity contribution in [2.45, 2.75) is 51.6 Å². The number of hydrogen-bond donors (Lipinski definition) is 1. The van der Waals surface area contributed by atoms with Gasteiger partial charge in [0.2, 0.25) is 0 Å². The van der Waals surface area contributed by atoms with Crippen molar-refractivity contribution in [3.63, 3.8) is 0 Å². The van der Waals surface area contributed by atoms with Crippen LogP contribution in [-0.2, 0) is 0 Å². The first-order valence-corrected chi connectivity index (χ1v) is 4.14. The maximum atomic E-state index is 9.49. The zero-order valence-electron chi connectivity index (χ0n) is 7.19. The van der Waals surface area contributed by atoms with E-state index in [0.717, 1.165) is 12.8 Å². The molecular formula is C9H19O. The van der Waals surface area contributed by atoms with Crippen molar-refractivity contribution in [3.05, 3.63) is 6.92 Å². The van der Waals surface area contributed by atoms with E-state index in [1.54, 1.807) is 0 Å². The first-order chi connectivity index (χ1) is 4.62. The van der Waals surface area contributed by atoms with Crippen LogP contribution in [0.5, 0.6) is 0 Å². The second-order valence-electron chi connectivity index (χ2n) is 3.20. The van der Waals surface area contributed by atoms with Crippen LogP contribution >= 0.6 is 0 Å². The highest BCUT2D eigenvalue weighted by Crippen LogP contribution is 2.17. The Morgan fingerprint density at radius 2 is 2.00 bits per heavy atom. The lowest BCUT2D eigenvalue weighted by atomic mass is 9.96. The van der Waals surface area contributed by atoms with E-state index in [1.165, 1.54) is 12.8 Å². The number of hydrogen-bond acceptors (Lipinski definition) is 1. The van der Waals surface area contributed by atoms with Crippen LogP contribution in [0.15, 0.2) is 0 Å². The number of unbranched alkanes of at least 4 members (excludes halogenated alkanes) is 2. The molecule has 0 rings (SSSR count).